The van der Waals surface area contributed by atoms with E-state index in [0.29, 0.717) is 27.0 Å². The molecule has 28 heavy (non-hydrogen) atoms. The van der Waals surface area contributed by atoms with Crippen molar-refractivity contribution >= 4 is 49.9 Å². The van der Waals surface area contributed by atoms with E-state index in [9.17, 15) is 4.79 Å². The van der Waals surface area contributed by atoms with Gasteiger partial charge in [-0.05, 0) is 72.2 Å². The molecule has 5 nitrogen and oxygen atoms in total. The van der Waals surface area contributed by atoms with Crippen molar-refractivity contribution in [3.63, 3.8) is 0 Å². The molecule has 0 atom stereocenters. The van der Waals surface area contributed by atoms with Crippen LogP contribution in [-0.4, -0.2) is 24.1 Å². The molecule has 0 unspecified atom stereocenters. The first-order valence-electron chi connectivity index (χ1n) is 8.54. The van der Waals surface area contributed by atoms with Crippen molar-refractivity contribution in [2.24, 2.45) is 0 Å². The van der Waals surface area contributed by atoms with Crippen LogP contribution in [0.15, 0.2) is 46.9 Å². The van der Waals surface area contributed by atoms with Gasteiger partial charge in [-0.3, -0.25) is 10.1 Å². The SMILES string of the molecule is CCOc1ccc(-c2nc(NC(=O)COc3ccc(Cl)cc3Br)sc2C)cc1. The summed E-state index contributed by atoms with van der Waals surface area (Å²) in [5.74, 6) is 1.08. The number of amides is 1. The van der Waals surface area contributed by atoms with Crippen LogP contribution in [0.1, 0.15) is 11.8 Å². The summed E-state index contributed by atoms with van der Waals surface area (Å²) >= 11 is 10.7. The summed E-state index contributed by atoms with van der Waals surface area (Å²) in [5, 5.41) is 3.90. The molecular formula is C20H18BrClN2O3S. The molecule has 1 amide bonds. The maximum atomic E-state index is 12.2. The molecule has 3 rings (SSSR count). The first-order valence-corrected chi connectivity index (χ1v) is 10.5. The first-order chi connectivity index (χ1) is 13.5. The molecule has 0 saturated carbocycles. The third-order valence-electron chi connectivity index (χ3n) is 3.73. The van der Waals surface area contributed by atoms with Gasteiger partial charge in [0.2, 0.25) is 0 Å². The van der Waals surface area contributed by atoms with E-state index in [1.54, 1.807) is 18.2 Å². The highest BCUT2D eigenvalue weighted by molar-refractivity contribution is 9.10. The molecule has 0 saturated heterocycles. The monoisotopic (exact) mass is 480 g/mol. The Kier molecular flexibility index (Phi) is 6.93. The highest BCUT2D eigenvalue weighted by atomic mass is 79.9. The molecule has 0 aliphatic heterocycles. The fourth-order valence-corrected chi connectivity index (χ4v) is 4.13. The Morgan fingerprint density at radius 2 is 1.96 bits per heavy atom. The lowest BCUT2D eigenvalue weighted by Gasteiger charge is -2.07. The summed E-state index contributed by atoms with van der Waals surface area (Å²) in [4.78, 5) is 17.8. The molecular weight excluding hydrogens is 464 g/mol. The van der Waals surface area contributed by atoms with E-state index in [1.165, 1.54) is 11.3 Å². The number of ether oxygens (including phenoxy) is 2. The minimum absolute atomic E-state index is 0.128. The fourth-order valence-electron chi connectivity index (χ4n) is 2.48. The van der Waals surface area contributed by atoms with E-state index in [2.05, 4.69) is 26.2 Å². The van der Waals surface area contributed by atoms with Crippen LogP contribution in [0.4, 0.5) is 5.13 Å². The topological polar surface area (TPSA) is 60.5 Å². The average Bonchev–Trinajstić information content (AvgIpc) is 3.02. The molecule has 1 N–H and O–H groups in total. The molecule has 3 aromatic rings. The van der Waals surface area contributed by atoms with Crippen molar-refractivity contribution < 1.29 is 14.3 Å². The molecule has 146 valence electrons. The lowest BCUT2D eigenvalue weighted by Crippen LogP contribution is -2.20. The number of aryl methyl sites for hydroxylation is 1. The van der Waals surface area contributed by atoms with Crippen LogP contribution in [0.5, 0.6) is 11.5 Å². The number of carbonyl (C=O) groups is 1. The van der Waals surface area contributed by atoms with Gasteiger partial charge in [0.15, 0.2) is 11.7 Å². The predicted octanol–water partition coefficient (Wildman–Crippen LogP) is 5.95. The Hall–Kier alpha value is -2.09. The quantitative estimate of drug-likeness (QED) is 0.453. The third kappa shape index (κ3) is 5.25. The van der Waals surface area contributed by atoms with Crippen molar-refractivity contribution in [3.8, 4) is 22.8 Å². The number of nitrogens with zero attached hydrogens (tertiary/aromatic N) is 1. The number of aromatic nitrogens is 1. The van der Waals surface area contributed by atoms with Gasteiger partial charge in [-0.1, -0.05) is 11.6 Å². The van der Waals surface area contributed by atoms with Gasteiger partial charge >= 0.3 is 0 Å². The minimum Gasteiger partial charge on any atom is -0.494 e. The van der Waals surface area contributed by atoms with Crippen molar-refractivity contribution in [1.82, 2.24) is 4.98 Å². The highest BCUT2D eigenvalue weighted by Crippen LogP contribution is 2.31. The zero-order valence-electron chi connectivity index (χ0n) is 15.3. The van der Waals surface area contributed by atoms with Gasteiger partial charge in [0, 0.05) is 15.5 Å². The number of hydrogen-bond donors (Lipinski definition) is 1. The average molecular weight is 482 g/mol. The van der Waals surface area contributed by atoms with E-state index in [-0.39, 0.29) is 12.5 Å². The Morgan fingerprint density at radius 3 is 2.64 bits per heavy atom. The number of anilines is 1. The largest absolute Gasteiger partial charge is 0.494 e. The molecule has 0 radical (unpaired) electrons. The van der Waals surface area contributed by atoms with Crippen molar-refractivity contribution in [1.29, 1.82) is 0 Å². The minimum atomic E-state index is -0.283. The highest BCUT2D eigenvalue weighted by Gasteiger charge is 2.13. The summed E-state index contributed by atoms with van der Waals surface area (Å²) in [6.07, 6.45) is 0. The van der Waals surface area contributed by atoms with E-state index in [0.717, 1.165) is 21.9 Å². The predicted molar refractivity (Wildman–Crippen MR) is 117 cm³/mol. The van der Waals surface area contributed by atoms with Crippen LogP contribution in [0.2, 0.25) is 5.02 Å². The van der Waals surface area contributed by atoms with Crippen LogP contribution in [0.25, 0.3) is 11.3 Å². The smallest absolute Gasteiger partial charge is 0.264 e. The molecule has 1 aromatic heterocycles. The second-order valence-corrected chi connectivity index (χ2v) is 8.29. The summed E-state index contributed by atoms with van der Waals surface area (Å²) in [7, 11) is 0. The normalized spacial score (nSPS) is 10.6. The second-order valence-electron chi connectivity index (χ2n) is 5.79. The number of thiazole rings is 1. The molecule has 2 aromatic carbocycles. The van der Waals surface area contributed by atoms with Gasteiger partial charge in [-0.2, -0.15) is 0 Å². The van der Waals surface area contributed by atoms with Gasteiger partial charge in [0.25, 0.3) is 5.91 Å². The van der Waals surface area contributed by atoms with Gasteiger partial charge in [0.05, 0.1) is 16.8 Å². The first kappa shape index (κ1) is 20.6. The van der Waals surface area contributed by atoms with E-state index in [4.69, 9.17) is 21.1 Å². The van der Waals surface area contributed by atoms with Crippen LogP contribution in [0.3, 0.4) is 0 Å². The van der Waals surface area contributed by atoms with E-state index >= 15 is 0 Å². The molecule has 1 heterocycles. The Labute approximate surface area is 180 Å². The summed E-state index contributed by atoms with van der Waals surface area (Å²) in [6.45, 7) is 4.42. The van der Waals surface area contributed by atoms with E-state index < -0.39 is 0 Å². The third-order valence-corrected chi connectivity index (χ3v) is 5.48. The lowest BCUT2D eigenvalue weighted by molar-refractivity contribution is -0.118. The van der Waals surface area contributed by atoms with E-state index in [1.807, 2.05) is 38.1 Å². The van der Waals surface area contributed by atoms with Gasteiger partial charge in [-0.25, -0.2) is 4.98 Å². The fraction of sp³-hybridized carbons (Fsp3) is 0.200. The molecule has 0 fully saturated rings. The summed E-state index contributed by atoms with van der Waals surface area (Å²) in [6, 6.07) is 12.9. The molecule has 0 bridgehead atoms. The van der Waals surface area contributed by atoms with Crippen LogP contribution in [0, 0.1) is 6.92 Å². The maximum Gasteiger partial charge on any atom is 0.264 e. The van der Waals surface area contributed by atoms with Gasteiger partial charge in [-0.15, -0.1) is 11.3 Å². The number of hydrogen-bond acceptors (Lipinski definition) is 5. The molecule has 0 aliphatic carbocycles. The van der Waals surface area contributed by atoms with Crippen LogP contribution in [-0.2, 0) is 4.79 Å². The van der Waals surface area contributed by atoms with Gasteiger partial charge in [0.1, 0.15) is 11.5 Å². The Balaban J connectivity index is 1.63. The Bertz CT molecular complexity index is 976. The number of halogens is 2. The standard InChI is InChI=1S/C20H18BrClN2O3S/c1-3-26-15-7-4-13(5-8-15)19-12(2)28-20(24-19)23-18(25)11-27-17-9-6-14(22)10-16(17)21/h4-10H,3,11H2,1-2H3,(H,23,24,25). The number of nitrogens with one attached hydrogen (secondary N) is 1. The zero-order chi connectivity index (χ0) is 20.1. The van der Waals surface area contributed by atoms with Crippen LogP contribution >= 0.6 is 38.9 Å². The summed E-state index contributed by atoms with van der Waals surface area (Å²) in [5.41, 5.74) is 1.81. The lowest BCUT2D eigenvalue weighted by atomic mass is 10.1. The van der Waals surface area contributed by atoms with Gasteiger partial charge < -0.3 is 9.47 Å². The number of carbonyl (C=O) groups excluding carboxylic acids is 1. The molecule has 0 spiro atoms. The second kappa shape index (κ2) is 9.41. The number of rotatable bonds is 7. The Morgan fingerprint density at radius 1 is 1.21 bits per heavy atom. The van der Waals surface area contributed by atoms with Crippen LogP contribution < -0.4 is 14.8 Å². The summed E-state index contributed by atoms with van der Waals surface area (Å²) < 4.78 is 11.7. The zero-order valence-corrected chi connectivity index (χ0v) is 18.5. The van der Waals surface area contributed by atoms with Crippen molar-refractivity contribution in [2.45, 2.75) is 13.8 Å². The molecule has 0 aliphatic rings. The van der Waals surface area contributed by atoms with Crippen molar-refractivity contribution in [3.05, 3.63) is 56.8 Å². The number of benzene rings is 2. The van der Waals surface area contributed by atoms with Crippen molar-refractivity contribution in [2.75, 3.05) is 18.5 Å². The molecule has 8 heteroatoms. The maximum absolute atomic E-state index is 12.2.